The van der Waals surface area contributed by atoms with E-state index in [9.17, 15) is 14.6 Å². The monoisotopic (exact) mass is 229 g/mol. The van der Waals surface area contributed by atoms with Gasteiger partial charge in [0.2, 0.25) is 0 Å². The molecule has 0 aliphatic heterocycles. The van der Waals surface area contributed by atoms with Gasteiger partial charge in [0.1, 0.15) is 11.9 Å². The predicted octanol–water partition coefficient (Wildman–Crippen LogP) is 0.493. The topological polar surface area (TPSA) is 86.7 Å². The van der Waals surface area contributed by atoms with Crippen LogP contribution in [0.2, 0.25) is 0 Å². The van der Waals surface area contributed by atoms with E-state index in [0.717, 1.165) is 0 Å². The predicted molar refractivity (Wildman–Crippen MR) is 58.2 cm³/mol. The van der Waals surface area contributed by atoms with Gasteiger partial charge in [0.25, 0.3) is 0 Å². The third kappa shape index (κ3) is 2.69. The number of aliphatic hydroxyl groups excluding tert-OH is 3. The van der Waals surface area contributed by atoms with Crippen molar-refractivity contribution in [1.29, 1.82) is 0 Å². The van der Waals surface area contributed by atoms with Crippen molar-refractivity contribution in [2.45, 2.75) is 25.6 Å². The molecule has 1 rings (SSSR count). The van der Waals surface area contributed by atoms with Crippen molar-refractivity contribution >= 4 is 5.69 Å². The minimum atomic E-state index is -1.38. The molecule has 1 aromatic rings. The maximum atomic E-state index is 13.5. The van der Waals surface area contributed by atoms with Crippen molar-refractivity contribution in [1.82, 2.24) is 0 Å². The molecule has 5 heteroatoms. The fraction of sp³-hybridized carbons (Fsp3) is 0.455. The van der Waals surface area contributed by atoms with E-state index in [1.54, 1.807) is 6.92 Å². The molecule has 0 spiro atoms. The van der Waals surface area contributed by atoms with Crippen LogP contribution in [0, 0.1) is 12.7 Å². The normalized spacial score (nSPS) is 14.8. The Balaban J connectivity index is 2.99. The average molecular weight is 229 g/mol. The standard InChI is InChI=1S/C11H16FNO3/c1-6-4-8(12)7(5-9(6)13)11(16)10(15)2-3-14/h4-5,10-11,14-16H,2-3,13H2,1H3. The Labute approximate surface area is 93.1 Å². The Morgan fingerprint density at radius 1 is 1.38 bits per heavy atom. The summed E-state index contributed by atoms with van der Waals surface area (Å²) in [7, 11) is 0. The first-order valence-corrected chi connectivity index (χ1v) is 5.00. The van der Waals surface area contributed by atoms with Crippen LogP contribution in [0.15, 0.2) is 12.1 Å². The molecular weight excluding hydrogens is 213 g/mol. The van der Waals surface area contributed by atoms with Crippen LogP contribution in [0.4, 0.5) is 10.1 Å². The molecule has 0 bridgehead atoms. The van der Waals surface area contributed by atoms with E-state index in [4.69, 9.17) is 10.8 Å². The largest absolute Gasteiger partial charge is 0.399 e. The molecule has 0 aliphatic carbocycles. The molecule has 4 nitrogen and oxygen atoms in total. The van der Waals surface area contributed by atoms with Crippen molar-refractivity contribution < 1.29 is 19.7 Å². The van der Waals surface area contributed by atoms with Gasteiger partial charge in [0.05, 0.1) is 6.10 Å². The molecular formula is C11H16FNO3. The molecule has 1 aromatic carbocycles. The van der Waals surface area contributed by atoms with E-state index in [0.29, 0.717) is 11.3 Å². The van der Waals surface area contributed by atoms with Gasteiger partial charge in [-0.1, -0.05) is 0 Å². The van der Waals surface area contributed by atoms with Crippen LogP contribution in [0.25, 0.3) is 0 Å². The lowest BCUT2D eigenvalue weighted by atomic mass is 9.99. The molecule has 0 fully saturated rings. The summed E-state index contributed by atoms with van der Waals surface area (Å²) in [6, 6.07) is 2.51. The van der Waals surface area contributed by atoms with E-state index < -0.39 is 18.0 Å². The lowest BCUT2D eigenvalue weighted by Gasteiger charge is -2.18. The molecule has 0 heterocycles. The summed E-state index contributed by atoms with van der Waals surface area (Å²) in [6.07, 6.45) is -2.61. The molecule has 16 heavy (non-hydrogen) atoms. The van der Waals surface area contributed by atoms with Crippen molar-refractivity contribution in [2.75, 3.05) is 12.3 Å². The Morgan fingerprint density at radius 2 is 2.00 bits per heavy atom. The first-order valence-electron chi connectivity index (χ1n) is 5.00. The number of anilines is 1. The summed E-state index contributed by atoms with van der Waals surface area (Å²) < 4.78 is 13.5. The van der Waals surface area contributed by atoms with E-state index in [1.165, 1.54) is 12.1 Å². The van der Waals surface area contributed by atoms with Crippen molar-refractivity contribution in [3.8, 4) is 0 Å². The highest BCUT2D eigenvalue weighted by Crippen LogP contribution is 2.25. The number of hydrogen-bond donors (Lipinski definition) is 4. The van der Waals surface area contributed by atoms with E-state index in [2.05, 4.69) is 0 Å². The molecule has 2 atom stereocenters. The quantitative estimate of drug-likeness (QED) is 0.566. The second-order valence-corrected chi connectivity index (χ2v) is 3.75. The average Bonchev–Trinajstić information content (AvgIpc) is 2.23. The van der Waals surface area contributed by atoms with Gasteiger partial charge in [0, 0.05) is 17.9 Å². The Bertz CT molecular complexity index is 370. The molecule has 0 aliphatic rings. The fourth-order valence-electron chi connectivity index (χ4n) is 1.43. The molecule has 0 saturated carbocycles. The summed E-state index contributed by atoms with van der Waals surface area (Å²) in [6.45, 7) is 1.37. The summed E-state index contributed by atoms with van der Waals surface area (Å²) in [5, 5.41) is 27.7. The van der Waals surface area contributed by atoms with E-state index >= 15 is 0 Å². The SMILES string of the molecule is Cc1cc(F)c(C(O)C(O)CCO)cc1N. The number of halogens is 1. The summed E-state index contributed by atoms with van der Waals surface area (Å²) in [5.74, 6) is -0.615. The zero-order chi connectivity index (χ0) is 12.3. The summed E-state index contributed by atoms with van der Waals surface area (Å²) in [5.41, 5.74) is 6.47. The number of aryl methyl sites for hydroxylation is 1. The van der Waals surface area contributed by atoms with Crippen molar-refractivity contribution in [3.63, 3.8) is 0 Å². The lowest BCUT2D eigenvalue weighted by molar-refractivity contribution is 0.00239. The van der Waals surface area contributed by atoms with Gasteiger partial charge in [0.15, 0.2) is 0 Å². The minimum Gasteiger partial charge on any atom is -0.399 e. The zero-order valence-electron chi connectivity index (χ0n) is 9.02. The maximum absolute atomic E-state index is 13.5. The van der Waals surface area contributed by atoms with Crippen LogP contribution >= 0.6 is 0 Å². The Morgan fingerprint density at radius 3 is 2.56 bits per heavy atom. The van der Waals surface area contributed by atoms with Gasteiger partial charge < -0.3 is 21.1 Å². The second-order valence-electron chi connectivity index (χ2n) is 3.75. The third-order valence-electron chi connectivity index (χ3n) is 2.49. The fourth-order valence-corrected chi connectivity index (χ4v) is 1.43. The molecule has 0 saturated heterocycles. The summed E-state index contributed by atoms with van der Waals surface area (Å²) >= 11 is 0. The number of benzene rings is 1. The van der Waals surface area contributed by atoms with Gasteiger partial charge in [-0.2, -0.15) is 0 Å². The lowest BCUT2D eigenvalue weighted by Crippen LogP contribution is -2.20. The van der Waals surface area contributed by atoms with Crippen LogP contribution in [0.1, 0.15) is 23.7 Å². The van der Waals surface area contributed by atoms with Gasteiger partial charge in [-0.05, 0) is 31.0 Å². The number of nitrogen functional groups attached to an aromatic ring is 1. The van der Waals surface area contributed by atoms with Crippen LogP contribution in [-0.2, 0) is 0 Å². The maximum Gasteiger partial charge on any atom is 0.129 e. The number of hydrogen-bond acceptors (Lipinski definition) is 4. The van der Waals surface area contributed by atoms with Crippen molar-refractivity contribution in [2.24, 2.45) is 0 Å². The van der Waals surface area contributed by atoms with Crippen molar-refractivity contribution in [3.05, 3.63) is 29.1 Å². The van der Waals surface area contributed by atoms with Gasteiger partial charge in [-0.25, -0.2) is 4.39 Å². The van der Waals surface area contributed by atoms with Crippen LogP contribution < -0.4 is 5.73 Å². The van der Waals surface area contributed by atoms with Gasteiger partial charge in [-0.15, -0.1) is 0 Å². The highest BCUT2D eigenvalue weighted by molar-refractivity contribution is 5.49. The highest BCUT2D eigenvalue weighted by atomic mass is 19.1. The first-order chi connectivity index (χ1) is 7.47. The van der Waals surface area contributed by atoms with E-state index in [-0.39, 0.29) is 18.6 Å². The van der Waals surface area contributed by atoms with Gasteiger partial charge >= 0.3 is 0 Å². The highest BCUT2D eigenvalue weighted by Gasteiger charge is 2.21. The summed E-state index contributed by atoms with van der Waals surface area (Å²) in [4.78, 5) is 0. The zero-order valence-corrected chi connectivity index (χ0v) is 9.02. The molecule has 0 radical (unpaired) electrons. The van der Waals surface area contributed by atoms with E-state index in [1.807, 2.05) is 0 Å². The number of rotatable bonds is 4. The molecule has 0 amide bonds. The number of aliphatic hydroxyl groups is 3. The molecule has 5 N–H and O–H groups in total. The Hall–Kier alpha value is -1.17. The van der Waals surface area contributed by atoms with Crippen LogP contribution in [0.5, 0.6) is 0 Å². The molecule has 2 unspecified atom stereocenters. The van der Waals surface area contributed by atoms with Gasteiger partial charge in [-0.3, -0.25) is 0 Å². The first kappa shape index (κ1) is 12.9. The minimum absolute atomic E-state index is 0.0195. The molecule has 0 aromatic heterocycles. The molecule has 90 valence electrons. The van der Waals surface area contributed by atoms with Crippen LogP contribution in [0.3, 0.4) is 0 Å². The Kier molecular flexibility index (Phi) is 4.23. The smallest absolute Gasteiger partial charge is 0.129 e. The second kappa shape index (κ2) is 5.25. The van der Waals surface area contributed by atoms with Crippen LogP contribution in [-0.4, -0.2) is 28.0 Å². The third-order valence-corrected chi connectivity index (χ3v) is 2.49. The number of nitrogens with two attached hydrogens (primary N) is 1.